The predicted octanol–water partition coefficient (Wildman–Crippen LogP) is 7.06. The van der Waals surface area contributed by atoms with Crippen molar-refractivity contribution in [2.45, 2.75) is 53.1 Å². The summed E-state index contributed by atoms with van der Waals surface area (Å²) in [5.74, 6) is 1.46. The van der Waals surface area contributed by atoms with Gasteiger partial charge in [0.2, 0.25) is 0 Å². The van der Waals surface area contributed by atoms with E-state index in [2.05, 4.69) is 93.0 Å². The molecule has 2 aromatic rings. The normalized spacial score (nSPS) is 15.7. The standard InChI is InChI=1S/C23H27BrO/c1-15(2)18-10-11-23(4,5)20-13-22(21(24)12-19(18)20)25-14-17-8-6-16(3)7-9-17/h6-10,12-13,15H,11,14H2,1-5H3. The molecular weight excluding hydrogens is 372 g/mol. The van der Waals surface area contributed by atoms with Gasteiger partial charge in [-0.15, -0.1) is 0 Å². The van der Waals surface area contributed by atoms with Crippen molar-refractivity contribution in [2.24, 2.45) is 5.92 Å². The second kappa shape index (κ2) is 6.99. The zero-order valence-electron chi connectivity index (χ0n) is 15.8. The van der Waals surface area contributed by atoms with Crippen LogP contribution in [0.25, 0.3) is 5.57 Å². The summed E-state index contributed by atoms with van der Waals surface area (Å²) in [6.45, 7) is 11.9. The Bertz CT molecular complexity index is 798. The van der Waals surface area contributed by atoms with Gasteiger partial charge in [-0.3, -0.25) is 0 Å². The Balaban J connectivity index is 1.92. The highest BCUT2D eigenvalue weighted by Crippen LogP contribution is 2.45. The van der Waals surface area contributed by atoms with Crippen LogP contribution in [0.3, 0.4) is 0 Å². The number of aryl methyl sites for hydroxylation is 1. The molecular formula is C23H27BrO. The Morgan fingerprint density at radius 3 is 2.44 bits per heavy atom. The molecule has 2 aromatic carbocycles. The number of ether oxygens (including phenoxy) is 1. The molecule has 0 heterocycles. The van der Waals surface area contributed by atoms with Gasteiger partial charge < -0.3 is 4.74 Å². The van der Waals surface area contributed by atoms with Crippen molar-refractivity contribution in [1.29, 1.82) is 0 Å². The smallest absolute Gasteiger partial charge is 0.134 e. The number of hydrogen-bond acceptors (Lipinski definition) is 1. The van der Waals surface area contributed by atoms with Crippen LogP contribution in [0.4, 0.5) is 0 Å². The van der Waals surface area contributed by atoms with Crippen LogP contribution in [0.2, 0.25) is 0 Å². The fourth-order valence-electron chi connectivity index (χ4n) is 3.44. The molecule has 0 saturated heterocycles. The molecule has 0 unspecified atom stereocenters. The molecule has 25 heavy (non-hydrogen) atoms. The van der Waals surface area contributed by atoms with Crippen LogP contribution >= 0.6 is 15.9 Å². The fourth-order valence-corrected chi connectivity index (χ4v) is 3.90. The first-order valence-corrected chi connectivity index (χ1v) is 9.80. The van der Waals surface area contributed by atoms with E-state index < -0.39 is 0 Å². The van der Waals surface area contributed by atoms with E-state index in [-0.39, 0.29) is 5.41 Å². The molecule has 0 atom stereocenters. The topological polar surface area (TPSA) is 9.23 Å². The van der Waals surface area contributed by atoms with Crippen LogP contribution in [-0.2, 0) is 12.0 Å². The molecule has 0 amide bonds. The predicted molar refractivity (Wildman–Crippen MR) is 110 cm³/mol. The highest BCUT2D eigenvalue weighted by Gasteiger charge is 2.30. The summed E-state index contributed by atoms with van der Waals surface area (Å²) in [5, 5.41) is 0. The minimum atomic E-state index is 0.135. The second-order valence-corrected chi connectivity index (χ2v) is 8.86. The highest BCUT2D eigenvalue weighted by molar-refractivity contribution is 9.10. The van der Waals surface area contributed by atoms with Crippen molar-refractivity contribution in [2.75, 3.05) is 0 Å². The lowest BCUT2D eigenvalue weighted by Crippen LogP contribution is -2.23. The van der Waals surface area contributed by atoms with E-state index in [9.17, 15) is 0 Å². The van der Waals surface area contributed by atoms with E-state index in [1.165, 1.54) is 27.8 Å². The van der Waals surface area contributed by atoms with Crippen molar-refractivity contribution < 1.29 is 4.74 Å². The molecule has 1 aliphatic carbocycles. The third-order valence-corrected chi connectivity index (χ3v) is 5.70. The maximum Gasteiger partial charge on any atom is 0.134 e. The summed E-state index contributed by atoms with van der Waals surface area (Å²) in [6.07, 6.45) is 3.48. The molecule has 3 rings (SSSR count). The summed E-state index contributed by atoms with van der Waals surface area (Å²) in [4.78, 5) is 0. The summed E-state index contributed by atoms with van der Waals surface area (Å²) < 4.78 is 7.18. The van der Waals surface area contributed by atoms with E-state index >= 15 is 0 Å². The Kier molecular flexibility index (Phi) is 5.11. The molecule has 132 valence electrons. The molecule has 1 nitrogen and oxygen atoms in total. The number of benzene rings is 2. The highest BCUT2D eigenvalue weighted by atomic mass is 79.9. The maximum atomic E-state index is 6.15. The zero-order valence-corrected chi connectivity index (χ0v) is 17.4. The second-order valence-electron chi connectivity index (χ2n) is 8.00. The molecule has 0 radical (unpaired) electrons. The number of rotatable bonds is 4. The summed E-state index contributed by atoms with van der Waals surface area (Å²) in [5.41, 5.74) is 6.79. The largest absolute Gasteiger partial charge is 0.488 e. The van der Waals surface area contributed by atoms with Gasteiger partial charge in [-0.25, -0.2) is 0 Å². The van der Waals surface area contributed by atoms with E-state index in [1.807, 2.05) is 0 Å². The van der Waals surface area contributed by atoms with Crippen molar-refractivity contribution in [3.8, 4) is 5.75 Å². The molecule has 0 N–H and O–H groups in total. The van der Waals surface area contributed by atoms with Crippen molar-refractivity contribution in [3.05, 3.63) is 69.2 Å². The van der Waals surface area contributed by atoms with E-state index in [4.69, 9.17) is 4.74 Å². The minimum Gasteiger partial charge on any atom is -0.488 e. The number of hydrogen-bond donors (Lipinski definition) is 0. The van der Waals surface area contributed by atoms with Crippen LogP contribution in [0.1, 0.15) is 56.4 Å². The Morgan fingerprint density at radius 1 is 1.12 bits per heavy atom. The van der Waals surface area contributed by atoms with Crippen LogP contribution in [-0.4, -0.2) is 0 Å². The van der Waals surface area contributed by atoms with Gasteiger partial charge in [0.25, 0.3) is 0 Å². The number of halogens is 1. The van der Waals surface area contributed by atoms with Gasteiger partial charge in [-0.2, -0.15) is 0 Å². The van der Waals surface area contributed by atoms with Gasteiger partial charge in [0.15, 0.2) is 0 Å². The number of allylic oxidation sites excluding steroid dienone is 2. The molecule has 0 aromatic heterocycles. The molecule has 0 saturated carbocycles. The SMILES string of the molecule is Cc1ccc(COc2cc3c(cc2Br)C(C(C)C)=CCC3(C)C)cc1. The quantitative estimate of drug-likeness (QED) is 0.535. The molecule has 0 spiro atoms. The van der Waals surface area contributed by atoms with Gasteiger partial charge in [-0.05, 0) is 75.0 Å². The zero-order chi connectivity index (χ0) is 18.2. The number of fused-ring (bicyclic) bond motifs is 1. The van der Waals surface area contributed by atoms with Gasteiger partial charge in [0.1, 0.15) is 12.4 Å². The average molecular weight is 399 g/mol. The lowest BCUT2D eigenvalue weighted by molar-refractivity contribution is 0.303. The Morgan fingerprint density at radius 2 is 1.80 bits per heavy atom. The Labute approximate surface area is 160 Å². The monoisotopic (exact) mass is 398 g/mol. The van der Waals surface area contributed by atoms with Gasteiger partial charge in [-0.1, -0.05) is 63.6 Å². The molecule has 0 fully saturated rings. The molecule has 2 heteroatoms. The Hall–Kier alpha value is -1.54. The van der Waals surface area contributed by atoms with Crippen molar-refractivity contribution in [1.82, 2.24) is 0 Å². The minimum absolute atomic E-state index is 0.135. The lowest BCUT2D eigenvalue weighted by atomic mass is 9.71. The first-order chi connectivity index (χ1) is 11.8. The van der Waals surface area contributed by atoms with Crippen molar-refractivity contribution >= 4 is 21.5 Å². The van der Waals surface area contributed by atoms with Crippen LogP contribution in [0.15, 0.2) is 46.9 Å². The fraction of sp³-hybridized carbons (Fsp3) is 0.391. The van der Waals surface area contributed by atoms with Crippen LogP contribution in [0.5, 0.6) is 5.75 Å². The van der Waals surface area contributed by atoms with Gasteiger partial charge in [0, 0.05) is 0 Å². The van der Waals surface area contributed by atoms with E-state index in [0.29, 0.717) is 12.5 Å². The summed E-state index contributed by atoms with van der Waals surface area (Å²) in [6, 6.07) is 13.0. The van der Waals surface area contributed by atoms with E-state index in [1.54, 1.807) is 0 Å². The van der Waals surface area contributed by atoms with Crippen LogP contribution < -0.4 is 4.74 Å². The lowest BCUT2D eigenvalue weighted by Gasteiger charge is -2.34. The molecule has 1 aliphatic rings. The maximum absolute atomic E-state index is 6.15. The third kappa shape index (κ3) is 3.84. The van der Waals surface area contributed by atoms with Gasteiger partial charge >= 0.3 is 0 Å². The molecule has 0 aliphatic heterocycles. The summed E-state index contributed by atoms with van der Waals surface area (Å²) in [7, 11) is 0. The summed E-state index contributed by atoms with van der Waals surface area (Å²) >= 11 is 3.72. The van der Waals surface area contributed by atoms with E-state index in [0.717, 1.165) is 16.6 Å². The average Bonchev–Trinajstić information content (AvgIpc) is 2.54. The van der Waals surface area contributed by atoms with Gasteiger partial charge in [0.05, 0.1) is 4.47 Å². The third-order valence-electron chi connectivity index (χ3n) is 5.08. The van der Waals surface area contributed by atoms with Crippen molar-refractivity contribution in [3.63, 3.8) is 0 Å². The van der Waals surface area contributed by atoms with Crippen LogP contribution in [0, 0.1) is 12.8 Å². The first-order valence-electron chi connectivity index (χ1n) is 9.01. The molecule has 0 bridgehead atoms. The first kappa shape index (κ1) is 18.3.